The van der Waals surface area contributed by atoms with Crippen LogP contribution in [-0.2, 0) is 17.8 Å². The van der Waals surface area contributed by atoms with Crippen molar-refractivity contribution >= 4 is 28.9 Å². The molecule has 3 aromatic rings. The molecule has 2 aliphatic heterocycles. The second kappa shape index (κ2) is 12.1. The molecule has 212 valence electrons. The molecule has 40 heavy (non-hydrogen) atoms. The van der Waals surface area contributed by atoms with Gasteiger partial charge in [-0.25, -0.2) is 23.7 Å². The Hall–Kier alpha value is -3.31. The zero-order valence-electron chi connectivity index (χ0n) is 22.7. The largest absolute Gasteiger partial charge is 0.481 e. The van der Waals surface area contributed by atoms with E-state index in [1.807, 2.05) is 4.90 Å². The van der Waals surface area contributed by atoms with E-state index in [0.717, 1.165) is 30.7 Å². The number of carboxylic acid groups (broad SMARTS) is 1. The monoisotopic (exact) mass is 569 g/mol. The van der Waals surface area contributed by atoms with Gasteiger partial charge in [0, 0.05) is 41.7 Å². The number of carbonyl (C=O) groups is 2. The Morgan fingerprint density at radius 2 is 1.80 bits per heavy atom. The molecular weight excluding hydrogens is 536 g/mol. The maximum Gasteiger partial charge on any atom is 0.306 e. The second-order valence-corrected chi connectivity index (χ2v) is 11.7. The number of hydrogen-bond acceptors (Lipinski definition) is 8. The summed E-state index contributed by atoms with van der Waals surface area (Å²) in [6.07, 6.45) is 7.33. The summed E-state index contributed by atoms with van der Waals surface area (Å²) in [5.41, 5.74) is 1.06. The quantitative estimate of drug-likeness (QED) is 0.347. The number of Topliss-reactive ketones (excluding diaryl/α,β-unsaturated/α-hetero) is 1. The summed E-state index contributed by atoms with van der Waals surface area (Å²) in [6.45, 7) is 6.27. The molecule has 2 aromatic heterocycles. The fraction of sp³-hybridized carbons (Fsp3) is 0.483. The van der Waals surface area contributed by atoms with Crippen LogP contribution >= 0.6 is 11.3 Å². The maximum atomic E-state index is 14.5. The summed E-state index contributed by atoms with van der Waals surface area (Å²) in [7, 11) is 0. The SMILES string of the molecule is CC[C@@H]1CCCN1Cc1sc(CC(=O)c2cnc(N3CCC(C(=O)O)CC3)cn2)nc1-c1cc(F)c(C)c(F)c1. The number of halogens is 2. The highest BCUT2D eigenvalue weighted by Crippen LogP contribution is 2.34. The van der Waals surface area contributed by atoms with E-state index in [9.17, 15) is 23.5 Å². The van der Waals surface area contributed by atoms with Crippen LogP contribution in [0, 0.1) is 24.5 Å². The number of aromatic nitrogens is 3. The molecule has 0 saturated carbocycles. The number of aliphatic carboxylic acids is 1. The summed E-state index contributed by atoms with van der Waals surface area (Å²) in [4.78, 5) is 43.0. The Kier molecular flexibility index (Phi) is 8.51. The molecule has 0 aliphatic carbocycles. The first-order valence-electron chi connectivity index (χ1n) is 13.7. The van der Waals surface area contributed by atoms with Gasteiger partial charge < -0.3 is 10.0 Å². The molecule has 0 radical (unpaired) electrons. The molecule has 4 heterocycles. The van der Waals surface area contributed by atoms with E-state index >= 15 is 0 Å². The van der Waals surface area contributed by atoms with Crippen molar-refractivity contribution < 1.29 is 23.5 Å². The van der Waals surface area contributed by atoms with Gasteiger partial charge in [-0.2, -0.15) is 0 Å². The number of benzene rings is 1. The second-order valence-electron chi connectivity index (χ2n) is 10.6. The van der Waals surface area contributed by atoms with E-state index in [0.29, 0.717) is 60.6 Å². The van der Waals surface area contributed by atoms with Crippen molar-refractivity contribution in [1.29, 1.82) is 0 Å². The minimum Gasteiger partial charge on any atom is -0.481 e. The lowest BCUT2D eigenvalue weighted by molar-refractivity contribution is -0.142. The molecular formula is C29H33F2N5O3S. The smallest absolute Gasteiger partial charge is 0.306 e. The number of rotatable bonds is 9. The molecule has 0 unspecified atom stereocenters. The van der Waals surface area contributed by atoms with Crippen molar-refractivity contribution in [3.05, 3.63) is 57.3 Å². The Bertz CT molecular complexity index is 1370. The molecule has 2 aliphatic rings. The highest BCUT2D eigenvalue weighted by Gasteiger charge is 2.27. The minimum atomic E-state index is -0.775. The normalized spacial score (nSPS) is 18.4. The van der Waals surface area contributed by atoms with Gasteiger partial charge in [0.2, 0.25) is 0 Å². The number of carboxylic acids is 1. The Balaban J connectivity index is 1.34. The van der Waals surface area contributed by atoms with Crippen LogP contribution in [0.2, 0.25) is 0 Å². The van der Waals surface area contributed by atoms with Crippen LogP contribution in [0.5, 0.6) is 0 Å². The number of piperidine rings is 1. The molecule has 0 bridgehead atoms. The number of carbonyl (C=O) groups excluding carboxylic acids is 1. The van der Waals surface area contributed by atoms with Gasteiger partial charge >= 0.3 is 5.97 Å². The number of nitrogens with zero attached hydrogens (tertiary/aromatic N) is 5. The molecule has 0 amide bonds. The Morgan fingerprint density at radius 3 is 2.42 bits per heavy atom. The summed E-state index contributed by atoms with van der Waals surface area (Å²) in [5, 5.41) is 9.76. The molecule has 5 rings (SSSR count). The third-order valence-corrected chi connectivity index (χ3v) is 9.06. The molecule has 2 saturated heterocycles. The number of ketones is 1. The van der Waals surface area contributed by atoms with E-state index in [4.69, 9.17) is 4.98 Å². The molecule has 1 aromatic carbocycles. The maximum absolute atomic E-state index is 14.5. The van der Waals surface area contributed by atoms with Gasteiger partial charge in [0.1, 0.15) is 28.2 Å². The van der Waals surface area contributed by atoms with Crippen LogP contribution in [0.4, 0.5) is 14.6 Å². The summed E-state index contributed by atoms with van der Waals surface area (Å²) in [6, 6.07) is 3.08. The van der Waals surface area contributed by atoms with Crippen molar-refractivity contribution in [3.63, 3.8) is 0 Å². The minimum absolute atomic E-state index is 0.00370. The van der Waals surface area contributed by atoms with E-state index in [2.05, 4.69) is 21.8 Å². The van der Waals surface area contributed by atoms with Crippen LogP contribution in [0.3, 0.4) is 0 Å². The predicted octanol–water partition coefficient (Wildman–Crippen LogP) is 5.29. The highest BCUT2D eigenvalue weighted by atomic mass is 32.1. The Morgan fingerprint density at radius 1 is 1.07 bits per heavy atom. The number of anilines is 1. The highest BCUT2D eigenvalue weighted by molar-refractivity contribution is 7.12. The number of thiazole rings is 1. The van der Waals surface area contributed by atoms with E-state index in [-0.39, 0.29) is 29.4 Å². The van der Waals surface area contributed by atoms with Crippen LogP contribution in [0.15, 0.2) is 24.5 Å². The van der Waals surface area contributed by atoms with Crippen molar-refractivity contribution in [1.82, 2.24) is 19.9 Å². The zero-order chi connectivity index (χ0) is 28.4. The van der Waals surface area contributed by atoms with Crippen molar-refractivity contribution in [2.24, 2.45) is 5.92 Å². The van der Waals surface area contributed by atoms with Gasteiger partial charge in [-0.1, -0.05) is 6.92 Å². The molecule has 8 nitrogen and oxygen atoms in total. The van der Waals surface area contributed by atoms with Gasteiger partial charge in [-0.15, -0.1) is 11.3 Å². The molecule has 11 heteroatoms. The van der Waals surface area contributed by atoms with Gasteiger partial charge in [-0.3, -0.25) is 14.5 Å². The average Bonchev–Trinajstić information content (AvgIpc) is 3.58. The van der Waals surface area contributed by atoms with Gasteiger partial charge in [0.15, 0.2) is 5.78 Å². The van der Waals surface area contributed by atoms with Crippen LogP contribution in [-0.4, -0.2) is 62.4 Å². The summed E-state index contributed by atoms with van der Waals surface area (Å²) in [5.74, 6) is -2.00. The first-order chi connectivity index (χ1) is 19.2. The van der Waals surface area contributed by atoms with E-state index in [1.54, 1.807) is 6.20 Å². The third-order valence-electron chi connectivity index (χ3n) is 8.02. The van der Waals surface area contributed by atoms with Gasteiger partial charge in [0.25, 0.3) is 0 Å². The lowest BCUT2D eigenvalue weighted by Gasteiger charge is -2.30. The molecule has 1 atom stereocenters. The van der Waals surface area contributed by atoms with Crippen molar-refractivity contribution in [3.8, 4) is 11.3 Å². The first-order valence-corrected chi connectivity index (χ1v) is 14.6. The summed E-state index contributed by atoms with van der Waals surface area (Å²) < 4.78 is 28.9. The third kappa shape index (κ3) is 6.05. The van der Waals surface area contributed by atoms with E-state index < -0.39 is 17.6 Å². The topological polar surface area (TPSA) is 99.5 Å². The zero-order valence-corrected chi connectivity index (χ0v) is 23.5. The standard InChI is InChI=1S/C29H33F2N5O3S/c1-3-20-5-4-8-36(20)16-25-28(19-11-21(30)17(2)22(31)12-19)34-27(40-25)13-24(37)23-14-33-26(15-32-23)35-9-6-18(7-10-35)29(38)39/h11-12,14-15,18,20H,3-10,13,16H2,1-2H3,(H,38,39)/t20-/m1/s1. The molecule has 2 fully saturated rings. The summed E-state index contributed by atoms with van der Waals surface area (Å²) >= 11 is 1.40. The fourth-order valence-corrected chi connectivity index (χ4v) is 6.67. The molecule has 1 N–H and O–H groups in total. The van der Waals surface area contributed by atoms with E-state index in [1.165, 1.54) is 36.6 Å². The Labute approximate surface area is 236 Å². The fourth-order valence-electron chi connectivity index (χ4n) is 5.55. The predicted molar refractivity (Wildman–Crippen MR) is 149 cm³/mol. The molecule has 0 spiro atoms. The number of likely N-dealkylation sites (tertiary alicyclic amines) is 1. The van der Waals surface area contributed by atoms with Crippen molar-refractivity contribution in [2.45, 2.75) is 65.0 Å². The van der Waals surface area contributed by atoms with Crippen LogP contribution < -0.4 is 4.90 Å². The van der Waals surface area contributed by atoms with Crippen LogP contribution in [0.25, 0.3) is 11.3 Å². The van der Waals surface area contributed by atoms with Gasteiger partial charge in [-0.05, 0) is 57.7 Å². The lowest BCUT2D eigenvalue weighted by atomic mass is 9.97. The van der Waals surface area contributed by atoms with Gasteiger partial charge in [0.05, 0.1) is 30.4 Å². The average molecular weight is 570 g/mol. The number of hydrogen-bond donors (Lipinski definition) is 1. The first kappa shape index (κ1) is 28.2. The van der Waals surface area contributed by atoms with Crippen LogP contribution in [0.1, 0.15) is 65.0 Å². The lowest BCUT2D eigenvalue weighted by Crippen LogP contribution is -2.36. The van der Waals surface area contributed by atoms with Crippen molar-refractivity contribution in [2.75, 3.05) is 24.5 Å².